The van der Waals surface area contributed by atoms with E-state index in [1.54, 1.807) is 30.3 Å². The quantitative estimate of drug-likeness (QED) is 0.881. The number of rotatable bonds is 5. The van der Waals surface area contributed by atoms with Crippen molar-refractivity contribution in [2.45, 2.75) is 20.3 Å². The molecule has 120 valence electrons. The Balaban J connectivity index is 2.13. The number of halogens is 1. The van der Waals surface area contributed by atoms with E-state index >= 15 is 0 Å². The lowest BCUT2D eigenvalue weighted by molar-refractivity contribution is 0.0948. The molecule has 2 amide bonds. The van der Waals surface area contributed by atoms with Gasteiger partial charge in [0.1, 0.15) is 11.4 Å². The highest BCUT2D eigenvalue weighted by Crippen LogP contribution is 2.20. The zero-order valence-corrected chi connectivity index (χ0v) is 13.8. The summed E-state index contributed by atoms with van der Waals surface area (Å²) in [5.74, 6) is -0.685. The van der Waals surface area contributed by atoms with Crippen LogP contribution in [0, 0.1) is 6.92 Å². The van der Waals surface area contributed by atoms with E-state index in [1.807, 2.05) is 19.9 Å². The van der Waals surface area contributed by atoms with E-state index < -0.39 is 5.91 Å². The molecular formula is C17H18ClN3O2. The van der Waals surface area contributed by atoms with Crippen molar-refractivity contribution >= 4 is 29.1 Å². The Kier molecular flexibility index (Phi) is 5.71. The number of pyridine rings is 1. The normalized spacial score (nSPS) is 10.2. The zero-order chi connectivity index (χ0) is 16.8. The SMILES string of the molecule is CCCNC(=O)c1cccc(C(=O)Nc2ccc(C)c(Cl)c2)n1. The Hall–Kier alpha value is -2.40. The van der Waals surface area contributed by atoms with Gasteiger partial charge in [-0.1, -0.05) is 30.7 Å². The minimum atomic E-state index is -0.393. The third-order valence-electron chi connectivity index (χ3n) is 3.18. The van der Waals surface area contributed by atoms with Crippen LogP contribution in [0.15, 0.2) is 36.4 Å². The fourth-order valence-corrected chi connectivity index (χ4v) is 2.06. The summed E-state index contributed by atoms with van der Waals surface area (Å²) >= 11 is 6.04. The van der Waals surface area contributed by atoms with E-state index in [0.29, 0.717) is 17.3 Å². The first-order chi connectivity index (χ1) is 11.0. The largest absolute Gasteiger partial charge is 0.351 e. The lowest BCUT2D eigenvalue weighted by atomic mass is 10.2. The monoisotopic (exact) mass is 331 g/mol. The van der Waals surface area contributed by atoms with Gasteiger partial charge in [0, 0.05) is 17.3 Å². The van der Waals surface area contributed by atoms with Crippen molar-refractivity contribution in [2.24, 2.45) is 0 Å². The maximum absolute atomic E-state index is 12.3. The molecule has 0 aliphatic carbocycles. The standard InChI is InChI=1S/C17H18ClN3O2/c1-3-9-19-16(22)14-5-4-6-15(21-14)17(23)20-12-8-7-11(2)13(18)10-12/h4-8,10H,3,9H2,1-2H3,(H,19,22)(H,20,23). The van der Waals surface area contributed by atoms with E-state index in [-0.39, 0.29) is 17.3 Å². The van der Waals surface area contributed by atoms with Gasteiger partial charge in [0.15, 0.2) is 0 Å². The number of benzene rings is 1. The predicted octanol–water partition coefficient (Wildman–Crippen LogP) is 3.44. The Bertz CT molecular complexity index is 732. The average molecular weight is 332 g/mol. The Labute approximate surface area is 140 Å². The van der Waals surface area contributed by atoms with Gasteiger partial charge >= 0.3 is 0 Å². The molecule has 0 unspecified atom stereocenters. The molecule has 2 rings (SSSR count). The molecule has 0 bridgehead atoms. The van der Waals surface area contributed by atoms with E-state index in [1.165, 1.54) is 0 Å². The first-order valence-corrected chi connectivity index (χ1v) is 7.72. The lowest BCUT2D eigenvalue weighted by Gasteiger charge is -2.08. The predicted molar refractivity (Wildman–Crippen MR) is 91.0 cm³/mol. The van der Waals surface area contributed by atoms with Gasteiger partial charge in [0.2, 0.25) is 0 Å². The molecule has 0 aliphatic rings. The molecule has 0 fully saturated rings. The average Bonchev–Trinajstić information content (AvgIpc) is 2.56. The Morgan fingerprint density at radius 2 is 1.83 bits per heavy atom. The van der Waals surface area contributed by atoms with Gasteiger partial charge in [-0.2, -0.15) is 0 Å². The number of aryl methyl sites for hydroxylation is 1. The number of carbonyl (C=O) groups is 2. The van der Waals surface area contributed by atoms with Crippen LogP contribution in [0.5, 0.6) is 0 Å². The van der Waals surface area contributed by atoms with Gasteiger partial charge in [-0.3, -0.25) is 9.59 Å². The third-order valence-corrected chi connectivity index (χ3v) is 3.59. The van der Waals surface area contributed by atoms with Gasteiger partial charge in [0.25, 0.3) is 11.8 Å². The maximum atomic E-state index is 12.3. The van der Waals surface area contributed by atoms with Crippen LogP contribution in [0.3, 0.4) is 0 Å². The second kappa shape index (κ2) is 7.74. The molecule has 5 nitrogen and oxygen atoms in total. The lowest BCUT2D eigenvalue weighted by Crippen LogP contribution is -2.26. The molecule has 1 heterocycles. The second-order valence-electron chi connectivity index (χ2n) is 5.08. The Morgan fingerprint density at radius 1 is 1.13 bits per heavy atom. The number of hydrogen-bond acceptors (Lipinski definition) is 3. The summed E-state index contributed by atoms with van der Waals surface area (Å²) < 4.78 is 0. The number of nitrogens with one attached hydrogen (secondary N) is 2. The number of amides is 2. The number of hydrogen-bond donors (Lipinski definition) is 2. The first kappa shape index (κ1) is 17.0. The minimum absolute atomic E-state index is 0.172. The topological polar surface area (TPSA) is 71.1 Å². The van der Waals surface area contributed by atoms with Crippen molar-refractivity contribution in [3.8, 4) is 0 Å². The summed E-state index contributed by atoms with van der Waals surface area (Å²) in [4.78, 5) is 28.3. The van der Waals surface area contributed by atoms with Crippen LogP contribution in [0.1, 0.15) is 39.9 Å². The molecule has 0 aliphatic heterocycles. The summed E-state index contributed by atoms with van der Waals surface area (Å²) in [5, 5.41) is 6.02. The summed E-state index contributed by atoms with van der Waals surface area (Å²) in [6.45, 7) is 4.41. The summed E-state index contributed by atoms with van der Waals surface area (Å²) in [5.41, 5.74) is 1.89. The molecule has 1 aromatic carbocycles. The van der Waals surface area contributed by atoms with E-state index in [4.69, 9.17) is 11.6 Å². The third kappa shape index (κ3) is 4.53. The van der Waals surface area contributed by atoms with Gasteiger partial charge in [0.05, 0.1) is 0 Å². The summed E-state index contributed by atoms with van der Waals surface area (Å²) in [6.07, 6.45) is 0.833. The molecule has 0 saturated carbocycles. The molecule has 1 aromatic heterocycles. The fraction of sp³-hybridized carbons (Fsp3) is 0.235. The molecule has 0 radical (unpaired) electrons. The highest BCUT2D eigenvalue weighted by molar-refractivity contribution is 6.31. The fourth-order valence-electron chi connectivity index (χ4n) is 1.88. The van der Waals surface area contributed by atoms with Gasteiger partial charge < -0.3 is 10.6 Å². The first-order valence-electron chi connectivity index (χ1n) is 7.34. The maximum Gasteiger partial charge on any atom is 0.274 e. The number of nitrogens with zero attached hydrogens (tertiary/aromatic N) is 1. The summed E-state index contributed by atoms with van der Waals surface area (Å²) in [6, 6.07) is 10.0. The minimum Gasteiger partial charge on any atom is -0.351 e. The smallest absolute Gasteiger partial charge is 0.274 e. The van der Waals surface area contributed by atoms with E-state index in [9.17, 15) is 9.59 Å². The van der Waals surface area contributed by atoms with Crippen molar-refractivity contribution in [1.82, 2.24) is 10.3 Å². The molecule has 2 aromatic rings. The van der Waals surface area contributed by atoms with Crippen LogP contribution in [0.2, 0.25) is 5.02 Å². The van der Waals surface area contributed by atoms with Crippen molar-refractivity contribution in [3.05, 3.63) is 58.4 Å². The van der Waals surface area contributed by atoms with Crippen molar-refractivity contribution in [3.63, 3.8) is 0 Å². The molecule has 0 saturated heterocycles. The van der Waals surface area contributed by atoms with Crippen molar-refractivity contribution in [1.29, 1.82) is 0 Å². The molecule has 0 atom stereocenters. The van der Waals surface area contributed by atoms with Crippen LogP contribution in [-0.2, 0) is 0 Å². The van der Waals surface area contributed by atoms with Gasteiger partial charge in [-0.25, -0.2) is 4.98 Å². The Morgan fingerprint density at radius 3 is 2.48 bits per heavy atom. The van der Waals surface area contributed by atoms with Crippen molar-refractivity contribution < 1.29 is 9.59 Å². The van der Waals surface area contributed by atoms with Crippen LogP contribution in [-0.4, -0.2) is 23.3 Å². The van der Waals surface area contributed by atoms with E-state index in [2.05, 4.69) is 15.6 Å². The van der Waals surface area contributed by atoms with Crippen LogP contribution < -0.4 is 10.6 Å². The molecular weight excluding hydrogens is 314 g/mol. The molecule has 0 spiro atoms. The van der Waals surface area contributed by atoms with Crippen molar-refractivity contribution in [2.75, 3.05) is 11.9 Å². The zero-order valence-electron chi connectivity index (χ0n) is 13.0. The highest BCUT2D eigenvalue weighted by Gasteiger charge is 2.12. The number of carbonyl (C=O) groups excluding carboxylic acids is 2. The summed E-state index contributed by atoms with van der Waals surface area (Å²) in [7, 11) is 0. The molecule has 23 heavy (non-hydrogen) atoms. The molecule has 2 N–H and O–H groups in total. The number of anilines is 1. The van der Waals surface area contributed by atoms with Gasteiger partial charge in [-0.05, 0) is 43.2 Å². The molecule has 6 heteroatoms. The number of aromatic nitrogens is 1. The highest BCUT2D eigenvalue weighted by atomic mass is 35.5. The van der Waals surface area contributed by atoms with Crippen LogP contribution in [0.4, 0.5) is 5.69 Å². The van der Waals surface area contributed by atoms with Crippen LogP contribution in [0.25, 0.3) is 0 Å². The van der Waals surface area contributed by atoms with Gasteiger partial charge in [-0.15, -0.1) is 0 Å². The van der Waals surface area contributed by atoms with E-state index in [0.717, 1.165) is 12.0 Å². The second-order valence-corrected chi connectivity index (χ2v) is 5.49. The van der Waals surface area contributed by atoms with Crippen LogP contribution >= 0.6 is 11.6 Å².